The summed E-state index contributed by atoms with van der Waals surface area (Å²) in [4.78, 5) is 12.7. The van der Waals surface area contributed by atoms with Gasteiger partial charge in [-0.3, -0.25) is 4.79 Å². The predicted octanol–water partition coefficient (Wildman–Crippen LogP) is 5.85. The Hall–Kier alpha value is -1.52. The molecule has 0 aromatic heterocycles. The van der Waals surface area contributed by atoms with Gasteiger partial charge in [-0.2, -0.15) is 13.2 Å². The molecule has 174 valence electrons. The van der Waals surface area contributed by atoms with Gasteiger partial charge in [0.2, 0.25) is 15.9 Å². The van der Waals surface area contributed by atoms with Gasteiger partial charge in [-0.1, -0.05) is 40.9 Å². The molecule has 2 aromatic rings. The van der Waals surface area contributed by atoms with Crippen LogP contribution in [0.5, 0.6) is 0 Å². The average Bonchev–Trinajstić information content (AvgIpc) is 2.71. The van der Waals surface area contributed by atoms with Crippen LogP contribution in [0.2, 0.25) is 15.1 Å². The van der Waals surface area contributed by atoms with Gasteiger partial charge in [-0.15, -0.1) is 0 Å². The van der Waals surface area contributed by atoms with E-state index in [1.54, 1.807) is 0 Å². The van der Waals surface area contributed by atoms with Crippen molar-refractivity contribution in [1.29, 1.82) is 0 Å². The third kappa shape index (κ3) is 6.08. The monoisotopic (exact) mass is 528 g/mol. The molecule has 1 atom stereocenters. The first-order chi connectivity index (χ1) is 14.9. The Morgan fingerprint density at radius 3 is 2.47 bits per heavy atom. The second kappa shape index (κ2) is 9.77. The second-order valence-electron chi connectivity index (χ2n) is 7.37. The van der Waals surface area contributed by atoms with Crippen LogP contribution in [0.4, 0.5) is 18.9 Å². The molecule has 2 aromatic carbocycles. The van der Waals surface area contributed by atoms with Crippen molar-refractivity contribution in [1.82, 2.24) is 4.31 Å². The molecule has 0 saturated carbocycles. The summed E-state index contributed by atoms with van der Waals surface area (Å²) < 4.78 is 66.1. The number of carbonyl (C=O) groups is 1. The van der Waals surface area contributed by atoms with Gasteiger partial charge in [0.25, 0.3) is 0 Å². The fourth-order valence-electron chi connectivity index (χ4n) is 3.40. The molecule has 3 rings (SSSR count). The maximum atomic E-state index is 13.0. The second-order valence-corrected chi connectivity index (χ2v) is 10.6. The largest absolute Gasteiger partial charge is 0.417 e. The van der Waals surface area contributed by atoms with E-state index in [4.69, 9.17) is 34.8 Å². The number of halogens is 6. The number of benzene rings is 2. The number of nitrogens with one attached hydrogen (secondary N) is 1. The van der Waals surface area contributed by atoms with E-state index in [0.717, 1.165) is 12.1 Å². The molecule has 1 aliphatic heterocycles. The highest BCUT2D eigenvalue weighted by atomic mass is 35.5. The lowest BCUT2D eigenvalue weighted by atomic mass is 9.98. The van der Waals surface area contributed by atoms with Crippen molar-refractivity contribution in [2.24, 2.45) is 5.92 Å². The van der Waals surface area contributed by atoms with Crippen LogP contribution in [0.15, 0.2) is 36.4 Å². The Morgan fingerprint density at radius 1 is 1.09 bits per heavy atom. The Kier molecular flexibility index (Phi) is 7.66. The van der Waals surface area contributed by atoms with Crippen LogP contribution >= 0.6 is 34.8 Å². The zero-order valence-corrected chi connectivity index (χ0v) is 19.5. The molecule has 32 heavy (non-hydrogen) atoms. The third-order valence-electron chi connectivity index (χ3n) is 5.04. The lowest BCUT2D eigenvalue weighted by Gasteiger charge is -2.31. The number of carbonyl (C=O) groups excluding carboxylic acids is 1. The van der Waals surface area contributed by atoms with Crippen LogP contribution in [0.3, 0.4) is 0 Å². The summed E-state index contributed by atoms with van der Waals surface area (Å²) in [5.41, 5.74) is -0.757. The van der Waals surface area contributed by atoms with Gasteiger partial charge in [0, 0.05) is 28.8 Å². The topological polar surface area (TPSA) is 66.5 Å². The first-order valence-electron chi connectivity index (χ1n) is 9.46. The summed E-state index contributed by atoms with van der Waals surface area (Å²) >= 11 is 17.5. The SMILES string of the molecule is O=C(Nc1ccc(Cl)c(C(F)(F)F)c1)[C@@H]1CCCN(S(=O)(=O)Cc2ccc(Cl)cc2Cl)C1. The van der Waals surface area contributed by atoms with Gasteiger partial charge >= 0.3 is 6.18 Å². The molecule has 0 bridgehead atoms. The van der Waals surface area contributed by atoms with E-state index in [-0.39, 0.29) is 29.6 Å². The molecule has 0 aliphatic carbocycles. The minimum absolute atomic E-state index is 0.0698. The van der Waals surface area contributed by atoms with E-state index in [1.165, 1.54) is 28.6 Å². The Labute approximate surface area is 198 Å². The van der Waals surface area contributed by atoms with Crippen LogP contribution in [-0.4, -0.2) is 31.7 Å². The highest BCUT2D eigenvalue weighted by Crippen LogP contribution is 2.36. The van der Waals surface area contributed by atoms with Crippen LogP contribution in [0.1, 0.15) is 24.0 Å². The van der Waals surface area contributed by atoms with E-state index in [1.807, 2.05) is 0 Å². The smallest absolute Gasteiger partial charge is 0.326 e. The van der Waals surface area contributed by atoms with Gasteiger partial charge < -0.3 is 5.32 Å². The number of hydrogen-bond donors (Lipinski definition) is 1. The zero-order valence-electron chi connectivity index (χ0n) is 16.4. The minimum Gasteiger partial charge on any atom is -0.326 e. The van der Waals surface area contributed by atoms with E-state index in [0.29, 0.717) is 23.4 Å². The van der Waals surface area contributed by atoms with Gasteiger partial charge in [0.15, 0.2) is 0 Å². The quantitative estimate of drug-likeness (QED) is 0.529. The number of nitrogens with zero attached hydrogens (tertiary/aromatic N) is 1. The average molecular weight is 530 g/mol. The molecule has 1 heterocycles. The lowest BCUT2D eigenvalue weighted by Crippen LogP contribution is -2.44. The van der Waals surface area contributed by atoms with Crippen LogP contribution in [-0.2, 0) is 26.7 Å². The van der Waals surface area contributed by atoms with Crippen molar-refractivity contribution < 1.29 is 26.4 Å². The Morgan fingerprint density at radius 2 is 1.81 bits per heavy atom. The molecule has 5 nitrogen and oxygen atoms in total. The molecular formula is C20H18Cl3F3N2O3S. The van der Waals surface area contributed by atoms with E-state index < -0.39 is 38.6 Å². The fourth-order valence-corrected chi connectivity index (χ4v) is 5.82. The van der Waals surface area contributed by atoms with Crippen molar-refractivity contribution in [2.45, 2.75) is 24.8 Å². The first kappa shape index (κ1) is 25.1. The molecule has 1 N–H and O–H groups in total. The molecule has 0 spiro atoms. The molecule has 1 saturated heterocycles. The van der Waals surface area contributed by atoms with E-state index in [2.05, 4.69) is 5.32 Å². The number of rotatable bonds is 5. The number of hydrogen-bond acceptors (Lipinski definition) is 3. The number of amides is 1. The predicted molar refractivity (Wildman–Crippen MR) is 118 cm³/mol. The molecule has 1 fully saturated rings. The normalized spacial score (nSPS) is 17.9. The number of anilines is 1. The van der Waals surface area contributed by atoms with Gasteiger partial charge in [0.1, 0.15) is 0 Å². The van der Waals surface area contributed by atoms with Gasteiger partial charge in [-0.25, -0.2) is 12.7 Å². The molecular weight excluding hydrogens is 512 g/mol. The van der Waals surface area contributed by atoms with E-state index >= 15 is 0 Å². The summed E-state index contributed by atoms with van der Waals surface area (Å²) in [6.45, 7) is 0.148. The summed E-state index contributed by atoms with van der Waals surface area (Å²) in [7, 11) is -3.78. The van der Waals surface area contributed by atoms with E-state index in [9.17, 15) is 26.4 Å². The Bertz CT molecular complexity index is 1130. The van der Waals surface area contributed by atoms with Crippen molar-refractivity contribution >= 4 is 56.4 Å². The first-order valence-corrected chi connectivity index (χ1v) is 12.2. The zero-order chi connectivity index (χ0) is 23.7. The van der Waals surface area contributed by atoms with Crippen LogP contribution in [0.25, 0.3) is 0 Å². The Balaban J connectivity index is 1.71. The molecule has 0 unspecified atom stereocenters. The standard InChI is InChI=1S/C20H18Cl3F3N2O3S/c21-14-4-3-13(18(23)8-14)11-32(30,31)28-7-1-2-12(10-28)19(29)27-15-5-6-17(22)16(9-15)20(24,25)26/h3-6,8-9,12H,1-2,7,10-11H2,(H,27,29)/t12-/m1/s1. The van der Waals surface area contributed by atoms with Gasteiger partial charge in [0.05, 0.1) is 22.3 Å². The maximum absolute atomic E-state index is 13.0. The summed E-state index contributed by atoms with van der Waals surface area (Å²) in [5, 5.41) is 2.55. The summed E-state index contributed by atoms with van der Waals surface area (Å²) in [6.07, 6.45) is -3.84. The molecule has 1 aliphatic rings. The maximum Gasteiger partial charge on any atom is 0.417 e. The minimum atomic E-state index is -4.67. The molecule has 1 amide bonds. The summed E-state index contributed by atoms with van der Waals surface area (Å²) in [6, 6.07) is 7.56. The van der Waals surface area contributed by atoms with Crippen molar-refractivity contribution in [3.63, 3.8) is 0 Å². The highest BCUT2D eigenvalue weighted by Gasteiger charge is 2.35. The lowest BCUT2D eigenvalue weighted by molar-refractivity contribution is -0.137. The fraction of sp³-hybridized carbons (Fsp3) is 0.350. The number of piperidine rings is 1. The summed E-state index contributed by atoms with van der Waals surface area (Å²) in [5.74, 6) is -1.64. The van der Waals surface area contributed by atoms with Crippen molar-refractivity contribution in [2.75, 3.05) is 18.4 Å². The molecule has 0 radical (unpaired) electrons. The van der Waals surface area contributed by atoms with Crippen molar-refractivity contribution in [3.8, 4) is 0 Å². The number of alkyl halides is 3. The third-order valence-corrected chi connectivity index (χ3v) is 7.75. The van der Waals surface area contributed by atoms with Gasteiger partial charge in [-0.05, 0) is 48.7 Å². The molecule has 12 heteroatoms. The van der Waals surface area contributed by atoms with Crippen LogP contribution in [0, 0.1) is 5.92 Å². The number of sulfonamides is 1. The highest BCUT2D eigenvalue weighted by molar-refractivity contribution is 7.88. The van der Waals surface area contributed by atoms with Crippen molar-refractivity contribution in [3.05, 3.63) is 62.6 Å². The van der Waals surface area contributed by atoms with Crippen LogP contribution < -0.4 is 5.32 Å².